The molecule has 2 rings (SSSR count). The van der Waals surface area contributed by atoms with E-state index in [9.17, 15) is 0 Å². The zero-order chi connectivity index (χ0) is 13.7. The highest BCUT2D eigenvalue weighted by Gasteiger charge is 2.41. The summed E-state index contributed by atoms with van der Waals surface area (Å²) in [6, 6.07) is 0.778. The fourth-order valence-electron chi connectivity index (χ4n) is 5.02. The van der Waals surface area contributed by atoms with Gasteiger partial charge in [-0.15, -0.1) is 0 Å². The maximum Gasteiger partial charge on any atom is 0.0123 e. The van der Waals surface area contributed by atoms with Gasteiger partial charge in [-0.3, -0.25) is 0 Å². The molecule has 2 aliphatic rings. The summed E-state index contributed by atoms with van der Waals surface area (Å²) in [5.41, 5.74) is 0.625. The molecule has 0 spiro atoms. The van der Waals surface area contributed by atoms with E-state index in [4.69, 9.17) is 0 Å². The van der Waals surface area contributed by atoms with Crippen LogP contribution in [0.5, 0.6) is 0 Å². The molecule has 112 valence electrons. The van der Waals surface area contributed by atoms with Gasteiger partial charge in [-0.2, -0.15) is 0 Å². The third-order valence-corrected chi connectivity index (χ3v) is 5.80. The predicted molar refractivity (Wildman–Crippen MR) is 84.4 cm³/mol. The van der Waals surface area contributed by atoms with Gasteiger partial charge in [0, 0.05) is 6.04 Å². The molecule has 19 heavy (non-hydrogen) atoms. The fourth-order valence-corrected chi connectivity index (χ4v) is 5.02. The molecule has 2 saturated carbocycles. The fraction of sp³-hybridized carbons (Fsp3) is 1.00. The van der Waals surface area contributed by atoms with Crippen LogP contribution < -0.4 is 5.32 Å². The lowest BCUT2D eigenvalue weighted by atomic mass is 9.69. The molecule has 2 aliphatic carbocycles. The van der Waals surface area contributed by atoms with Crippen molar-refractivity contribution >= 4 is 0 Å². The SMILES string of the molecule is CNC(CC1CCCCC1)C1(CC(C)C)CCCC1. The molecule has 0 amide bonds. The first kappa shape index (κ1) is 15.4. The monoisotopic (exact) mass is 265 g/mol. The van der Waals surface area contributed by atoms with E-state index in [-0.39, 0.29) is 0 Å². The molecule has 2 fully saturated rings. The average molecular weight is 265 g/mol. The van der Waals surface area contributed by atoms with Gasteiger partial charge in [0.25, 0.3) is 0 Å². The van der Waals surface area contributed by atoms with Crippen molar-refractivity contribution in [2.24, 2.45) is 17.3 Å². The van der Waals surface area contributed by atoms with Crippen LogP contribution in [-0.2, 0) is 0 Å². The smallest absolute Gasteiger partial charge is 0.0123 e. The molecule has 0 bridgehead atoms. The van der Waals surface area contributed by atoms with Crippen molar-refractivity contribution in [2.75, 3.05) is 7.05 Å². The predicted octanol–water partition coefficient (Wildman–Crippen LogP) is 5.15. The van der Waals surface area contributed by atoms with Crippen molar-refractivity contribution in [3.05, 3.63) is 0 Å². The third kappa shape index (κ3) is 3.97. The highest BCUT2D eigenvalue weighted by Crippen LogP contribution is 2.48. The van der Waals surface area contributed by atoms with E-state index in [0.717, 1.165) is 17.9 Å². The summed E-state index contributed by atoms with van der Waals surface area (Å²) in [6.45, 7) is 4.82. The minimum absolute atomic E-state index is 0.625. The first-order valence-electron chi connectivity index (χ1n) is 8.83. The van der Waals surface area contributed by atoms with Crippen LogP contribution in [0, 0.1) is 17.3 Å². The molecule has 0 radical (unpaired) electrons. The van der Waals surface area contributed by atoms with Crippen LogP contribution in [0.1, 0.15) is 84.5 Å². The summed E-state index contributed by atoms with van der Waals surface area (Å²) in [7, 11) is 2.22. The van der Waals surface area contributed by atoms with Crippen molar-refractivity contribution in [3.63, 3.8) is 0 Å². The first-order chi connectivity index (χ1) is 9.16. The molecule has 0 aromatic rings. The Morgan fingerprint density at radius 3 is 2.16 bits per heavy atom. The van der Waals surface area contributed by atoms with Crippen LogP contribution in [-0.4, -0.2) is 13.1 Å². The normalized spacial score (nSPS) is 25.9. The Kier molecular flexibility index (Phi) is 5.74. The zero-order valence-corrected chi connectivity index (χ0v) is 13.5. The minimum Gasteiger partial charge on any atom is -0.316 e. The topological polar surface area (TPSA) is 12.0 Å². The second-order valence-corrected chi connectivity index (χ2v) is 7.75. The summed E-state index contributed by atoms with van der Waals surface area (Å²) < 4.78 is 0. The van der Waals surface area contributed by atoms with Gasteiger partial charge in [0.05, 0.1) is 0 Å². The Balaban J connectivity index is 1.99. The molecule has 0 aliphatic heterocycles. The molecule has 0 saturated heterocycles. The van der Waals surface area contributed by atoms with E-state index in [1.165, 1.54) is 70.6 Å². The van der Waals surface area contributed by atoms with Gasteiger partial charge in [-0.25, -0.2) is 0 Å². The number of hydrogen-bond acceptors (Lipinski definition) is 1. The van der Waals surface area contributed by atoms with E-state index in [1.807, 2.05) is 0 Å². The molecule has 1 atom stereocenters. The summed E-state index contributed by atoms with van der Waals surface area (Å²) in [5, 5.41) is 3.74. The maximum absolute atomic E-state index is 3.74. The lowest BCUT2D eigenvalue weighted by Gasteiger charge is -2.41. The summed E-state index contributed by atoms with van der Waals surface area (Å²) in [6.07, 6.45) is 16.2. The number of nitrogens with one attached hydrogen (secondary N) is 1. The second kappa shape index (κ2) is 7.11. The second-order valence-electron chi connectivity index (χ2n) is 7.75. The molecular formula is C18H35N. The molecule has 1 heteroatoms. The third-order valence-electron chi connectivity index (χ3n) is 5.80. The van der Waals surface area contributed by atoms with Crippen molar-refractivity contribution < 1.29 is 0 Å². The zero-order valence-electron chi connectivity index (χ0n) is 13.5. The van der Waals surface area contributed by atoms with Crippen molar-refractivity contribution in [1.82, 2.24) is 5.32 Å². The van der Waals surface area contributed by atoms with E-state index >= 15 is 0 Å². The van der Waals surface area contributed by atoms with Crippen molar-refractivity contribution in [1.29, 1.82) is 0 Å². The van der Waals surface area contributed by atoms with Gasteiger partial charge in [0.2, 0.25) is 0 Å². The van der Waals surface area contributed by atoms with Crippen LogP contribution in [0.25, 0.3) is 0 Å². The highest BCUT2D eigenvalue weighted by molar-refractivity contribution is 4.95. The lowest BCUT2D eigenvalue weighted by molar-refractivity contribution is 0.130. The van der Waals surface area contributed by atoms with Gasteiger partial charge in [0.15, 0.2) is 0 Å². The molecule has 1 N–H and O–H groups in total. The number of rotatable bonds is 6. The number of hydrogen-bond donors (Lipinski definition) is 1. The Morgan fingerprint density at radius 1 is 1.00 bits per heavy atom. The minimum atomic E-state index is 0.625. The van der Waals surface area contributed by atoms with Crippen LogP contribution in [0.4, 0.5) is 0 Å². The molecule has 1 unspecified atom stereocenters. The van der Waals surface area contributed by atoms with E-state index in [2.05, 4.69) is 26.2 Å². The molecule has 1 nitrogen and oxygen atoms in total. The van der Waals surface area contributed by atoms with Crippen LogP contribution >= 0.6 is 0 Å². The van der Waals surface area contributed by atoms with Crippen LogP contribution in [0.15, 0.2) is 0 Å². The molecular weight excluding hydrogens is 230 g/mol. The standard InChI is InChI=1S/C18H35N/c1-15(2)14-18(11-7-8-12-18)17(19-3)13-16-9-5-4-6-10-16/h15-17,19H,4-14H2,1-3H3. The summed E-state index contributed by atoms with van der Waals surface area (Å²) in [4.78, 5) is 0. The average Bonchev–Trinajstić information content (AvgIpc) is 2.85. The van der Waals surface area contributed by atoms with Crippen molar-refractivity contribution in [2.45, 2.75) is 90.5 Å². The highest BCUT2D eigenvalue weighted by atomic mass is 14.9. The van der Waals surface area contributed by atoms with Gasteiger partial charge in [0.1, 0.15) is 0 Å². The van der Waals surface area contributed by atoms with Gasteiger partial charge < -0.3 is 5.32 Å². The van der Waals surface area contributed by atoms with Crippen LogP contribution in [0.2, 0.25) is 0 Å². The Bertz CT molecular complexity index is 246. The van der Waals surface area contributed by atoms with E-state index in [0.29, 0.717) is 5.41 Å². The van der Waals surface area contributed by atoms with Gasteiger partial charge >= 0.3 is 0 Å². The molecule has 0 aromatic heterocycles. The van der Waals surface area contributed by atoms with Gasteiger partial charge in [-0.05, 0) is 50.0 Å². The first-order valence-corrected chi connectivity index (χ1v) is 8.83. The molecule has 0 heterocycles. The largest absolute Gasteiger partial charge is 0.316 e. The van der Waals surface area contributed by atoms with Gasteiger partial charge in [-0.1, -0.05) is 58.8 Å². The van der Waals surface area contributed by atoms with Crippen molar-refractivity contribution in [3.8, 4) is 0 Å². The quantitative estimate of drug-likeness (QED) is 0.700. The molecule has 0 aromatic carbocycles. The lowest BCUT2D eigenvalue weighted by Crippen LogP contribution is -2.44. The Hall–Kier alpha value is -0.0400. The Morgan fingerprint density at radius 2 is 1.63 bits per heavy atom. The van der Waals surface area contributed by atoms with Crippen LogP contribution in [0.3, 0.4) is 0 Å². The summed E-state index contributed by atoms with van der Waals surface area (Å²) in [5.74, 6) is 1.86. The van der Waals surface area contributed by atoms with E-state index in [1.54, 1.807) is 0 Å². The maximum atomic E-state index is 3.74. The Labute approximate surface area is 120 Å². The van der Waals surface area contributed by atoms with E-state index < -0.39 is 0 Å². The summed E-state index contributed by atoms with van der Waals surface area (Å²) >= 11 is 0.